The van der Waals surface area contributed by atoms with Gasteiger partial charge in [-0.1, -0.05) is 11.6 Å². The van der Waals surface area contributed by atoms with Crippen molar-refractivity contribution in [1.82, 2.24) is 14.6 Å². The molecule has 0 radical (unpaired) electrons. The van der Waals surface area contributed by atoms with Gasteiger partial charge in [0.15, 0.2) is 10.8 Å². The lowest BCUT2D eigenvalue weighted by Crippen LogP contribution is -1.98. The Morgan fingerprint density at radius 2 is 2.31 bits per heavy atom. The third-order valence-electron chi connectivity index (χ3n) is 2.50. The van der Waals surface area contributed by atoms with E-state index in [-0.39, 0.29) is 0 Å². The topological polar surface area (TPSA) is 30.2 Å². The van der Waals surface area contributed by atoms with Gasteiger partial charge in [-0.25, -0.2) is 9.50 Å². The van der Waals surface area contributed by atoms with Gasteiger partial charge in [-0.2, -0.15) is 5.10 Å². The number of hydrogen-bond donors (Lipinski definition) is 0. The summed E-state index contributed by atoms with van der Waals surface area (Å²) in [5.41, 5.74) is 3.44. The fourth-order valence-electron chi connectivity index (χ4n) is 1.91. The summed E-state index contributed by atoms with van der Waals surface area (Å²) in [7, 11) is 0. The number of halogens is 1. The molecule has 0 atom stereocenters. The highest BCUT2D eigenvalue weighted by atomic mass is 35.5. The Hall–Kier alpha value is -1.09. The lowest BCUT2D eigenvalue weighted by atomic mass is 10.3. The maximum Gasteiger partial charge on any atom is 0.156 e. The zero-order valence-electron chi connectivity index (χ0n) is 7.00. The van der Waals surface area contributed by atoms with Crippen molar-refractivity contribution in [3.8, 4) is 0 Å². The minimum Gasteiger partial charge on any atom is -0.237 e. The van der Waals surface area contributed by atoms with E-state index in [0.717, 1.165) is 18.5 Å². The van der Waals surface area contributed by atoms with Gasteiger partial charge in [0.05, 0.1) is 0 Å². The van der Waals surface area contributed by atoms with Crippen molar-refractivity contribution in [2.45, 2.75) is 19.3 Å². The molecule has 2 heterocycles. The Kier molecular flexibility index (Phi) is 1.38. The summed E-state index contributed by atoms with van der Waals surface area (Å²) in [4.78, 5) is 4.29. The molecule has 0 saturated heterocycles. The highest BCUT2D eigenvalue weighted by Crippen LogP contribution is 2.22. The molecule has 0 amide bonds. The van der Waals surface area contributed by atoms with Crippen LogP contribution in [-0.4, -0.2) is 14.6 Å². The van der Waals surface area contributed by atoms with Gasteiger partial charge in [0.1, 0.15) is 0 Å². The highest BCUT2D eigenvalue weighted by Gasteiger charge is 2.15. The van der Waals surface area contributed by atoms with E-state index in [0.29, 0.717) is 5.15 Å². The van der Waals surface area contributed by atoms with E-state index in [2.05, 4.69) is 10.1 Å². The molecule has 0 aliphatic heterocycles. The zero-order valence-corrected chi connectivity index (χ0v) is 7.75. The van der Waals surface area contributed by atoms with E-state index >= 15 is 0 Å². The second kappa shape index (κ2) is 2.45. The molecule has 66 valence electrons. The van der Waals surface area contributed by atoms with E-state index in [1.807, 2.05) is 10.7 Å². The van der Waals surface area contributed by atoms with Crippen molar-refractivity contribution in [2.75, 3.05) is 0 Å². The highest BCUT2D eigenvalue weighted by molar-refractivity contribution is 6.29. The second-order valence-corrected chi connectivity index (χ2v) is 3.71. The molecule has 2 aromatic heterocycles. The van der Waals surface area contributed by atoms with Crippen molar-refractivity contribution in [3.63, 3.8) is 0 Å². The molecule has 0 bridgehead atoms. The minimum absolute atomic E-state index is 0.521. The molecular weight excluding hydrogens is 186 g/mol. The van der Waals surface area contributed by atoms with Crippen LogP contribution in [0.1, 0.15) is 17.7 Å². The quantitative estimate of drug-likeness (QED) is 0.640. The lowest BCUT2D eigenvalue weighted by Gasteiger charge is -2.00. The Labute approximate surface area is 80.3 Å². The molecule has 0 spiro atoms. The van der Waals surface area contributed by atoms with Gasteiger partial charge in [-0.05, 0) is 24.8 Å². The average Bonchev–Trinajstić information content (AvgIpc) is 2.65. The fraction of sp³-hybridized carbons (Fsp3) is 0.333. The molecule has 4 heteroatoms. The van der Waals surface area contributed by atoms with Gasteiger partial charge in [0.25, 0.3) is 0 Å². The number of hydrogen-bond acceptors (Lipinski definition) is 2. The van der Waals surface area contributed by atoms with Crippen molar-refractivity contribution in [1.29, 1.82) is 0 Å². The lowest BCUT2D eigenvalue weighted by molar-refractivity contribution is 0.837. The molecule has 13 heavy (non-hydrogen) atoms. The summed E-state index contributed by atoms with van der Waals surface area (Å²) in [5.74, 6) is 0. The SMILES string of the molecule is Clc1cc2ncc3c(n2n1)CCC3. The molecule has 2 aromatic rings. The van der Waals surface area contributed by atoms with Crippen LogP contribution in [0.4, 0.5) is 0 Å². The summed E-state index contributed by atoms with van der Waals surface area (Å²) in [6, 6.07) is 1.79. The molecule has 1 aliphatic carbocycles. The number of aromatic nitrogens is 3. The van der Waals surface area contributed by atoms with Crippen LogP contribution in [0.2, 0.25) is 5.15 Å². The van der Waals surface area contributed by atoms with Crippen LogP contribution in [0.25, 0.3) is 5.65 Å². The van der Waals surface area contributed by atoms with Crippen LogP contribution >= 0.6 is 11.6 Å². The first-order valence-electron chi connectivity index (χ1n) is 4.36. The smallest absolute Gasteiger partial charge is 0.156 e. The standard InChI is InChI=1S/C9H8ClN3/c10-8-4-9-11-5-6-2-1-3-7(6)13(9)12-8/h4-5H,1-3H2. The number of fused-ring (bicyclic) bond motifs is 3. The normalized spacial score (nSPS) is 15.2. The summed E-state index contributed by atoms with van der Waals surface area (Å²) < 4.78 is 1.87. The van der Waals surface area contributed by atoms with Gasteiger partial charge in [-0.3, -0.25) is 0 Å². The predicted molar refractivity (Wildman–Crippen MR) is 50.0 cm³/mol. The predicted octanol–water partition coefficient (Wildman–Crippen LogP) is 1.87. The molecule has 0 saturated carbocycles. The molecule has 0 unspecified atom stereocenters. The van der Waals surface area contributed by atoms with Crippen molar-refractivity contribution in [3.05, 3.63) is 28.7 Å². The Bertz CT molecular complexity index is 475. The Morgan fingerprint density at radius 1 is 1.38 bits per heavy atom. The van der Waals surface area contributed by atoms with Crippen LogP contribution in [0.3, 0.4) is 0 Å². The monoisotopic (exact) mass is 193 g/mol. The third kappa shape index (κ3) is 0.968. The van der Waals surface area contributed by atoms with Gasteiger partial charge in [0.2, 0.25) is 0 Å². The van der Waals surface area contributed by atoms with Crippen molar-refractivity contribution < 1.29 is 0 Å². The van der Waals surface area contributed by atoms with Crippen LogP contribution in [0.5, 0.6) is 0 Å². The number of rotatable bonds is 0. The van der Waals surface area contributed by atoms with Crippen LogP contribution in [0.15, 0.2) is 12.3 Å². The van der Waals surface area contributed by atoms with Crippen molar-refractivity contribution >= 4 is 17.2 Å². The van der Waals surface area contributed by atoms with Gasteiger partial charge >= 0.3 is 0 Å². The summed E-state index contributed by atoms with van der Waals surface area (Å²) in [5, 5.41) is 4.73. The molecule has 1 aliphatic rings. The van der Waals surface area contributed by atoms with E-state index in [4.69, 9.17) is 11.6 Å². The van der Waals surface area contributed by atoms with E-state index in [9.17, 15) is 0 Å². The Morgan fingerprint density at radius 3 is 3.23 bits per heavy atom. The molecule has 3 rings (SSSR count). The fourth-order valence-corrected chi connectivity index (χ4v) is 2.08. The first kappa shape index (κ1) is 7.33. The zero-order chi connectivity index (χ0) is 8.84. The first-order chi connectivity index (χ1) is 6.34. The molecular formula is C9H8ClN3. The van der Waals surface area contributed by atoms with E-state index in [1.54, 1.807) is 6.07 Å². The van der Waals surface area contributed by atoms with Gasteiger partial charge in [0, 0.05) is 18.0 Å². The van der Waals surface area contributed by atoms with E-state index in [1.165, 1.54) is 17.7 Å². The van der Waals surface area contributed by atoms with Crippen LogP contribution in [-0.2, 0) is 12.8 Å². The van der Waals surface area contributed by atoms with E-state index < -0.39 is 0 Å². The molecule has 0 aromatic carbocycles. The summed E-state index contributed by atoms with van der Waals surface area (Å²) in [6.45, 7) is 0. The van der Waals surface area contributed by atoms with Crippen LogP contribution < -0.4 is 0 Å². The summed E-state index contributed by atoms with van der Waals surface area (Å²) in [6.07, 6.45) is 5.35. The summed E-state index contributed by atoms with van der Waals surface area (Å²) >= 11 is 5.81. The van der Waals surface area contributed by atoms with Crippen molar-refractivity contribution in [2.24, 2.45) is 0 Å². The second-order valence-electron chi connectivity index (χ2n) is 3.32. The van der Waals surface area contributed by atoms with Gasteiger partial charge < -0.3 is 0 Å². The molecule has 0 fully saturated rings. The average molecular weight is 194 g/mol. The first-order valence-corrected chi connectivity index (χ1v) is 4.74. The minimum atomic E-state index is 0.521. The van der Waals surface area contributed by atoms with Gasteiger partial charge in [-0.15, -0.1) is 0 Å². The maximum absolute atomic E-state index is 5.81. The maximum atomic E-state index is 5.81. The Balaban J connectivity index is 2.42. The third-order valence-corrected chi connectivity index (χ3v) is 2.68. The number of nitrogens with zero attached hydrogens (tertiary/aromatic N) is 3. The largest absolute Gasteiger partial charge is 0.237 e. The van der Waals surface area contributed by atoms with Crippen LogP contribution in [0, 0.1) is 0 Å². The molecule has 0 N–H and O–H groups in total. The molecule has 3 nitrogen and oxygen atoms in total. The number of aryl methyl sites for hydroxylation is 2.